The van der Waals surface area contributed by atoms with Crippen LogP contribution in [0.1, 0.15) is 11.1 Å². The molecule has 8 heteroatoms. The lowest BCUT2D eigenvalue weighted by Gasteiger charge is -2.16. The van der Waals surface area contributed by atoms with Crippen molar-refractivity contribution in [3.8, 4) is 17.2 Å². The summed E-state index contributed by atoms with van der Waals surface area (Å²) in [5, 5.41) is 6.26. The Morgan fingerprint density at radius 3 is 2.54 bits per heavy atom. The number of methoxy groups -OCH3 is 3. The van der Waals surface area contributed by atoms with Crippen molar-refractivity contribution in [2.75, 3.05) is 26.6 Å². The second kappa shape index (κ2) is 8.95. The maximum absolute atomic E-state index is 12.4. The van der Waals surface area contributed by atoms with Gasteiger partial charge in [0.05, 0.1) is 35.5 Å². The number of hydrogen-bond acceptors (Lipinski definition) is 6. The molecule has 28 heavy (non-hydrogen) atoms. The Morgan fingerprint density at radius 1 is 1.11 bits per heavy atom. The zero-order valence-corrected chi connectivity index (χ0v) is 18.9. The van der Waals surface area contributed by atoms with Crippen LogP contribution in [0.25, 0.3) is 6.08 Å². The first kappa shape index (κ1) is 20.7. The Bertz CT molecular complexity index is 933. The van der Waals surface area contributed by atoms with E-state index in [1.807, 2.05) is 43.3 Å². The van der Waals surface area contributed by atoms with Gasteiger partial charge in [-0.15, -0.1) is 0 Å². The van der Waals surface area contributed by atoms with Gasteiger partial charge in [0.25, 0.3) is 5.91 Å². The van der Waals surface area contributed by atoms with Crippen LogP contribution in [0.15, 0.2) is 35.2 Å². The number of aryl methyl sites for hydroxylation is 1. The third kappa shape index (κ3) is 4.49. The number of carbonyl (C=O) groups is 1. The number of carbonyl (C=O) groups excluding carboxylic acids is 1. The summed E-state index contributed by atoms with van der Waals surface area (Å²) < 4.78 is 17.1. The molecule has 0 radical (unpaired) electrons. The lowest BCUT2D eigenvalue weighted by atomic mass is 10.2. The quantitative estimate of drug-likeness (QED) is 0.446. The van der Waals surface area contributed by atoms with Crippen molar-refractivity contribution >= 4 is 52.0 Å². The summed E-state index contributed by atoms with van der Waals surface area (Å²) in [6, 6.07) is 9.68. The number of amides is 1. The van der Waals surface area contributed by atoms with E-state index in [4.69, 9.17) is 14.2 Å². The molecule has 1 atom stereocenters. The smallest absolute Gasteiger partial charge is 0.260 e. The van der Waals surface area contributed by atoms with Gasteiger partial charge in [-0.1, -0.05) is 17.8 Å². The number of thioether (sulfide) groups is 1. The van der Waals surface area contributed by atoms with Crippen molar-refractivity contribution in [3.05, 3.63) is 49.9 Å². The lowest BCUT2D eigenvalue weighted by molar-refractivity contribution is -0.116. The summed E-state index contributed by atoms with van der Waals surface area (Å²) in [5.74, 6) is 1.91. The van der Waals surface area contributed by atoms with Gasteiger partial charge in [0, 0.05) is 0 Å². The molecule has 1 unspecified atom stereocenters. The molecule has 0 aliphatic carbocycles. The Kier molecular flexibility index (Phi) is 6.61. The average molecular weight is 512 g/mol. The predicted octanol–water partition coefficient (Wildman–Crippen LogP) is 4.23. The van der Waals surface area contributed by atoms with Crippen LogP contribution in [0, 0.1) is 10.5 Å². The number of benzene rings is 2. The summed E-state index contributed by atoms with van der Waals surface area (Å²) in [4.78, 5) is 13.1. The normalized spacial score (nSPS) is 17.4. The zero-order chi connectivity index (χ0) is 20.3. The van der Waals surface area contributed by atoms with Gasteiger partial charge in [-0.3, -0.25) is 4.79 Å². The van der Waals surface area contributed by atoms with Crippen molar-refractivity contribution in [1.82, 2.24) is 5.32 Å². The minimum atomic E-state index is -0.284. The van der Waals surface area contributed by atoms with Crippen LogP contribution in [0.5, 0.6) is 17.2 Å². The fourth-order valence-electron chi connectivity index (χ4n) is 2.81. The maximum Gasteiger partial charge on any atom is 0.260 e. The molecule has 1 aliphatic rings. The molecule has 1 fully saturated rings. The van der Waals surface area contributed by atoms with Crippen LogP contribution in [-0.2, 0) is 4.79 Å². The van der Waals surface area contributed by atoms with Crippen molar-refractivity contribution in [1.29, 1.82) is 0 Å². The fourth-order valence-corrected chi connectivity index (χ4v) is 4.64. The van der Waals surface area contributed by atoms with Crippen LogP contribution in [0.2, 0.25) is 0 Å². The highest BCUT2D eigenvalue weighted by atomic mass is 127. The highest BCUT2D eigenvalue weighted by Crippen LogP contribution is 2.37. The van der Waals surface area contributed by atoms with Gasteiger partial charge in [0.15, 0.2) is 17.0 Å². The highest BCUT2D eigenvalue weighted by Gasteiger charge is 2.28. The second-order valence-electron chi connectivity index (χ2n) is 6.07. The SMILES string of the molecule is COc1ccc(C)cc1NC1NC(=O)/C(=C/c2cc(I)c(OC)c(OC)c2)S1. The average Bonchev–Trinajstić information content (AvgIpc) is 3.00. The van der Waals surface area contributed by atoms with Crippen LogP contribution in [0.4, 0.5) is 5.69 Å². The van der Waals surface area contributed by atoms with Gasteiger partial charge in [-0.25, -0.2) is 0 Å². The molecule has 3 rings (SSSR count). The summed E-state index contributed by atoms with van der Waals surface area (Å²) >= 11 is 3.61. The molecule has 0 aromatic heterocycles. The number of halogens is 1. The predicted molar refractivity (Wildman–Crippen MR) is 121 cm³/mol. The van der Waals surface area contributed by atoms with Crippen molar-refractivity contribution in [2.45, 2.75) is 12.4 Å². The maximum atomic E-state index is 12.4. The Balaban J connectivity index is 1.82. The van der Waals surface area contributed by atoms with Gasteiger partial charge in [-0.2, -0.15) is 0 Å². The van der Waals surface area contributed by atoms with E-state index in [2.05, 4.69) is 33.2 Å². The molecule has 0 spiro atoms. The second-order valence-corrected chi connectivity index (χ2v) is 8.38. The van der Waals surface area contributed by atoms with Crippen molar-refractivity contribution < 1.29 is 19.0 Å². The van der Waals surface area contributed by atoms with Gasteiger partial charge in [-0.05, 0) is 71.0 Å². The minimum Gasteiger partial charge on any atom is -0.495 e. The van der Waals surface area contributed by atoms with E-state index in [1.165, 1.54) is 11.8 Å². The summed E-state index contributed by atoms with van der Waals surface area (Å²) in [7, 11) is 4.82. The number of rotatable bonds is 6. The number of anilines is 1. The van der Waals surface area contributed by atoms with Gasteiger partial charge >= 0.3 is 0 Å². The van der Waals surface area contributed by atoms with Gasteiger partial charge in [0.2, 0.25) is 0 Å². The summed E-state index contributed by atoms with van der Waals surface area (Å²) in [6.45, 7) is 2.01. The van der Waals surface area contributed by atoms with Crippen LogP contribution >= 0.6 is 34.4 Å². The first-order chi connectivity index (χ1) is 13.4. The van der Waals surface area contributed by atoms with Gasteiger partial charge < -0.3 is 24.8 Å². The third-order valence-corrected chi connectivity index (χ3v) is 5.96. The van der Waals surface area contributed by atoms with Gasteiger partial charge in [0.1, 0.15) is 5.75 Å². The molecule has 2 aromatic rings. The molecule has 1 amide bonds. The Morgan fingerprint density at radius 2 is 1.86 bits per heavy atom. The topological polar surface area (TPSA) is 68.8 Å². The molecule has 2 aromatic carbocycles. The number of ether oxygens (including phenoxy) is 3. The fraction of sp³-hybridized carbons (Fsp3) is 0.250. The van der Waals surface area contributed by atoms with Crippen molar-refractivity contribution in [2.24, 2.45) is 0 Å². The van der Waals surface area contributed by atoms with Crippen LogP contribution in [0.3, 0.4) is 0 Å². The third-order valence-electron chi connectivity index (χ3n) is 4.13. The van der Waals surface area contributed by atoms with E-state index in [-0.39, 0.29) is 11.4 Å². The standard InChI is InChI=1S/C20H21IN2O4S/c1-11-5-6-15(25-2)14(7-11)22-20-23-19(24)17(28-20)10-12-8-13(21)18(27-4)16(9-12)26-3/h5-10,20,22H,1-4H3,(H,23,24)/b17-10-. The largest absolute Gasteiger partial charge is 0.495 e. The molecule has 0 saturated carbocycles. The monoisotopic (exact) mass is 512 g/mol. The molecule has 2 N–H and O–H groups in total. The molecule has 1 saturated heterocycles. The summed E-state index contributed by atoms with van der Waals surface area (Å²) in [5.41, 5.74) is 2.53. The van der Waals surface area contributed by atoms with Crippen LogP contribution < -0.4 is 24.8 Å². The Hall–Kier alpha value is -2.07. The van der Waals surface area contributed by atoms with E-state index < -0.39 is 0 Å². The van der Waals surface area contributed by atoms with Crippen molar-refractivity contribution in [3.63, 3.8) is 0 Å². The molecular formula is C20H21IN2O4S. The number of nitrogens with one attached hydrogen (secondary N) is 2. The molecule has 6 nitrogen and oxygen atoms in total. The molecule has 0 bridgehead atoms. The zero-order valence-electron chi connectivity index (χ0n) is 16.0. The van der Waals surface area contributed by atoms with E-state index in [0.29, 0.717) is 16.4 Å². The summed E-state index contributed by atoms with van der Waals surface area (Å²) in [6.07, 6.45) is 1.85. The highest BCUT2D eigenvalue weighted by molar-refractivity contribution is 14.1. The molecular weight excluding hydrogens is 491 g/mol. The first-order valence-electron chi connectivity index (χ1n) is 8.47. The molecule has 1 aliphatic heterocycles. The van der Waals surface area contributed by atoms with E-state index >= 15 is 0 Å². The van der Waals surface area contributed by atoms with E-state index in [9.17, 15) is 4.79 Å². The Labute approximate surface area is 182 Å². The molecule has 148 valence electrons. The minimum absolute atomic E-state index is 0.126. The van der Waals surface area contributed by atoms with E-state index in [1.54, 1.807) is 21.3 Å². The van der Waals surface area contributed by atoms with E-state index in [0.717, 1.165) is 26.1 Å². The van der Waals surface area contributed by atoms with Crippen LogP contribution in [-0.4, -0.2) is 32.7 Å². The first-order valence-corrected chi connectivity index (χ1v) is 10.4. The lowest BCUT2D eigenvalue weighted by Crippen LogP contribution is -2.31. The molecule has 1 heterocycles. The number of hydrogen-bond donors (Lipinski definition) is 2.